The molecule has 0 bridgehead atoms. The van der Waals surface area contributed by atoms with Crippen LogP contribution < -0.4 is 5.32 Å². The van der Waals surface area contributed by atoms with Crippen molar-refractivity contribution >= 4 is 44.9 Å². The van der Waals surface area contributed by atoms with Gasteiger partial charge in [0.25, 0.3) is 0 Å². The summed E-state index contributed by atoms with van der Waals surface area (Å²) >= 11 is 2.81. The number of hydrogen-bond acceptors (Lipinski definition) is 7. The minimum Gasteiger partial charge on any atom is -0.461 e. The van der Waals surface area contributed by atoms with E-state index in [2.05, 4.69) is 56.9 Å². The Kier molecular flexibility index (Phi) is 6.76. The topological polar surface area (TPSA) is 85.8 Å². The van der Waals surface area contributed by atoms with Crippen LogP contribution in [-0.2, 0) is 11.2 Å². The number of aromatic nitrogens is 4. The number of thiazole rings is 1. The van der Waals surface area contributed by atoms with E-state index in [1.165, 1.54) is 39.4 Å². The van der Waals surface area contributed by atoms with Crippen LogP contribution in [-0.4, -0.2) is 31.4 Å². The van der Waals surface area contributed by atoms with Gasteiger partial charge < -0.3 is 9.73 Å². The molecule has 0 aliphatic rings. The molecule has 0 unspecified atom stereocenters. The average Bonchev–Trinajstić information content (AvgIpc) is 3.70. The van der Waals surface area contributed by atoms with Gasteiger partial charge in [0.15, 0.2) is 16.0 Å². The monoisotopic (exact) mass is 537 g/mol. The SMILES string of the molecule is Cc1ccccc1-n1c(SCC(=O)Nc2ncc(Cc3cccc4ccccc34)s2)nnc1-c1ccco1. The number of anilines is 1. The number of carbonyl (C=O) groups excluding carboxylic acids is 1. The number of carbonyl (C=O) groups is 1. The minimum atomic E-state index is -0.153. The lowest BCUT2D eigenvalue weighted by Crippen LogP contribution is -2.14. The first-order valence-corrected chi connectivity index (χ1v) is 13.9. The van der Waals surface area contributed by atoms with Crippen LogP contribution in [0.3, 0.4) is 0 Å². The van der Waals surface area contributed by atoms with E-state index in [-0.39, 0.29) is 11.7 Å². The van der Waals surface area contributed by atoms with Crippen molar-refractivity contribution in [2.45, 2.75) is 18.5 Å². The third kappa shape index (κ3) is 4.98. The Bertz CT molecular complexity index is 1720. The van der Waals surface area contributed by atoms with Crippen molar-refractivity contribution in [3.63, 3.8) is 0 Å². The quantitative estimate of drug-likeness (QED) is 0.216. The lowest BCUT2D eigenvalue weighted by Gasteiger charge is -2.11. The molecule has 0 saturated carbocycles. The summed E-state index contributed by atoms with van der Waals surface area (Å²) in [5.41, 5.74) is 3.24. The van der Waals surface area contributed by atoms with Crippen LogP contribution >= 0.6 is 23.1 Å². The number of hydrogen-bond donors (Lipinski definition) is 1. The van der Waals surface area contributed by atoms with Gasteiger partial charge in [-0.2, -0.15) is 0 Å². The van der Waals surface area contributed by atoms with Crippen molar-refractivity contribution in [2.75, 3.05) is 11.1 Å². The number of benzene rings is 3. The molecule has 1 amide bonds. The lowest BCUT2D eigenvalue weighted by atomic mass is 10.0. The Labute approximate surface area is 227 Å². The highest BCUT2D eigenvalue weighted by molar-refractivity contribution is 7.99. The van der Waals surface area contributed by atoms with Gasteiger partial charge in [-0.25, -0.2) is 4.98 Å². The largest absolute Gasteiger partial charge is 0.461 e. The predicted molar refractivity (Wildman–Crippen MR) is 152 cm³/mol. The zero-order valence-corrected chi connectivity index (χ0v) is 22.1. The zero-order valence-electron chi connectivity index (χ0n) is 20.5. The van der Waals surface area contributed by atoms with Crippen molar-refractivity contribution in [1.82, 2.24) is 19.7 Å². The van der Waals surface area contributed by atoms with Gasteiger partial charge in [0.2, 0.25) is 11.7 Å². The van der Waals surface area contributed by atoms with E-state index in [0.717, 1.165) is 22.5 Å². The molecule has 0 radical (unpaired) electrons. The summed E-state index contributed by atoms with van der Waals surface area (Å²) in [6.07, 6.45) is 4.20. The third-order valence-corrected chi connectivity index (χ3v) is 7.95. The predicted octanol–water partition coefficient (Wildman–Crippen LogP) is 6.77. The third-order valence-electron chi connectivity index (χ3n) is 6.11. The van der Waals surface area contributed by atoms with Crippen LogP contribution in [0.15, 0.2) is 101 Å². The number of para-hydroxylation sites is 1. The summed E-state index contributed by atoms with van der Waals surface area (Å²) < 4.78 is 7.52. The number of fused-ring (bicyclic) bond motifs is 1. The number of thioether (sulfide) groups is 1. The molecule has 9 heteroatoms. The van der Waals surface area contributed by atoms with Crippen molar-refractivity contribution < 1.29 is 9.21 Å². The summed E-state index contributed by atoms with van der Waals surface area (Å²) in [7, 11) is 0. The van der Waals surface area contributed by atoms with E-state index in [0.29, 0.717) is 21.9 Å². The lowest BCUT2D eigenvalue weighted by molar-refractivity contribution is -0.113. The second kappa shape index (κ2) is 10.6. The first-order valence-electron chi connectivity index (χ1n) is 12.0. The first kappa shape index (κ1) is 24.1. The molecule has 7 nitrogen and oxygen atoms in total. The highest BCUT2D eigenvalue weighted by Gasteiger charge is 2.20. The average molecular weight is 538 g/mol. The van der Waals surface area contributed by atoms with E-state index in [9.17, 15) is 4.79 Å². The molecule has 0 atom stereocenters. The van der Waals surface area contributed by atoms with E-state index in [1.54, 1.807) is 6.26 Å². The van der Waals surface area contributed by atoms with Gasteiger partial charge in [0, 0.05) is 17.5 Å². The van der Waals surface area contributed by atoms with Crippen LogP contribution in [0, 0.1) is 6.92 Å². The molecule has 3 aromatic heterocycles. The fourth-order valence-electron chi connectivity index (χ4n) is 4.33. The van der Waals surface area contributed by atoms with Crippen molar-refractivity contribution in [3.8, 4) is 17.3 Å². The van der Waals surface area contributed by atoms with Gasteiger partial charge in [-0.3, -0.25) is 9.36 Å². The number of aryl methyl sites for hydroxylation is 1. The fraction of sp³-hybridized carbons (Fsp3) is 0.103. The van der Waals surface area contributed by atoms with Crippen molar-refractivity contribution in [1.29, 1.82) is 0 Å². The molecule has 0 aliphatic carbocycles. The highest BCUT2D eigenvalue weighted by Crippen LogP contribution is 2.30. The Morgan fingerprint density at radius 3 is 2.71 bits per heavy atom. The van der Waals surface area contributed by atoms with Crippen molar-refractivity contribution in [3.05, 3.63) is 107 Å². The number of rotatable bonds is 8. The van der Waals surface area contributed by atoms with Gasteiger partial charge >= 0.3 is 0 Å². The summed E-state index contributed by atoms with van der Waals surface area (Å²) in [5, 5.41) is 15.3. The number of amides is 1. The number of nitrogens with zero attached hydrogens (tertiary/aromatic N) is 4. The van der Waals surface area contributed by atoms with E-state index < -0.39 is 0 Å². The van der Waals surface area contributed by atoms with Gasteiger partial charge in [-0.15, -0.1) is 21.5 Å². The maximum Gasteiger partial charge on any atom is 0.236 e. The molecule has 3 aromatic carbocycles. The number of nitrogens with one attached hydrogen (secondary N) is 1. The van der Waals surface area contributed by atoms with E-state index in [4.69, 9.17) is 4.42 Å². The fourth-order valence-corrected chi connectivity index (χ4v) is 5.92. The maximum absolute atomic E-state index is 12.8. The molecule has 188 valence electrons. The summed E-state index contributed by atoms with van der Waals surface area (Å²) in [4.78, 5) is 18.4. The van der Waals surface area contributed by atoms with Gasteiger partial charge in [0.05, 0.1) is 17.7 Å². The normalized spacial score (nSPS) is 11.2. The Morgan fingerprint density at radius 1 is 1.00 bits per heavy atom. The molecular formula is C29H23N5O2S2. The molecule has 0 saturated heterocycles. The molecule has 6 rings (SSSR count). The maximum atomic E-state index is 12.8. The van der Waals surface area contributed by atoms with Crippen LogP contribution in [0.25, 0.3) is 28.0 Å². The molecule has 38 heavy (non-hydrogen) atoms. The molecule has 0 aliphatic heterocycles. The zero-order chi connectivity index (χ0) is 25.9. The van der Waals surface area contributed by atoms with E-state index in [1.807, 2.05) is 60.2 Å². The smallest absolute Gasteiger partial charge is 0.236 e. The van der Waals surface area contributed by atoms with E-state index >= 15 is 0 Å². The van der Waals surface area contributed by atoms with Gasteiger partial charge in [-0.1, -0.05) is 72.4 Å². The molecule has 0 fully saturated rings. The van der Waals surface area contributed by atoms with Crippen LogP contribution in [0.2, 0.25) is 0 Å². The first-order chi connectivity index (χ1) is 18.7. The second-order valence-corrected chi connectivity index (χ2v) is 10.7. The highest BCUT2D eigenvalue weighted by atomic mass is 32.2. The standard InChI is InChI=1S/C29H23N5O2S2/c1-19-8-2-5-13-24(19)34-27(25-14-7-15-36-25)32-33-29(34)37-18-26(35)31-28-30-17-22(38-28)16-21-11-6-10-20-9-3-4-12-23(20)21/h2-15,17H,16,18H2,1H3,(H,30,31,35). The molecular weight excluding hydrogens is 514 g/mol. The molecule has 6 aromatic rings. The van der Waals surface area contributed by atoms with Crippen LogP contribution in [0.4, 0.5) is 5.13 Å². The molecule has 3 heterocycles. The van der Waals surface area contributed by atoms with Crippen molar-refractivity contribution in [2.24, 2.45) is 0 Å². The van der Waals surface area contributed by atoms with Crippen LogP contribution in [0.5, 0.6) is 0 Å². The summed E-state index contributed by atoms with van der Waals surface area (Å²) in [6.45, 7) is 2.03. The second-order valence-electron chi connectivity index (χ2n) is 8.69. The Morgan fingerprint density at radius 2 is 1.84 bits per heavy atom. The Hall–Kier alpha value is -4.21. The number of furan rings is 1. The minimum absolute atomic E-state index is 0.153. The van der Waals surface area contributed by atoms with Gasteiger partial charge in [0.1, 0.15) is 0 Å². The van der Waals surface area contributed by atoms with Gasteiger partial charge in [-0.05, 0) is 47.0 Å². The molecule has 1 N–H and O–H groups in total. The Balaban J connectivity index is 1.16. The van der Waals surface area contributed by atoms with Crippen LogP contribution in [0.1, 0.15) is 16.0 Å². The molecule has 0 spiro atoms. The summed E-state index contributed by atoms with van der Waals surface area (Å²) in [6, 6.07) is 26.3. The summed E-state index contributed by atoms with van der Waals surface area (Å²) in [5.74, 6) is 1.21.